The summed E-state index contributed by atoms with van der Waals surface area (Å²) in [5, 5.41) is 3.14. The summed E-state index contributed by atoms with van der Waals surface area (Å²) in [5.74, 6) is 0. The Morgan fingerprint density at radius 1 is 1.08 bits per heavy atom. The molecule has 3 heterocycles. The molecule has 0 amide bonds. The van der Waals surface area contributed by atoms with Crippen molar-refractivity contribution in [3.63, 3.8) is 0 Å². The number of nitrogens with one attached hydrogen (secondary N) is 1. The Kier molecular flexibility index (Phi) is 3.69. The number of aromatic amines is 1. The zero-order valence-corrected chi connectivity index (χ0v) is 14.2. The largest absolute Gasteiger partial charge is 0.294 e. The van der Waals surface area contributed by atoms with E-state index >= 15 is 0 Å². The Bertz CT molecular complexity index is 1110. The maximum absolute atomic E-state index is 12.5. The van der Waals surface area contributed by atoms with Crippen LogP contribution in [0.15, 0.2) is 59.7 Å². The number of nitrogens with zero attached hydrogens (tertiary/aromatic N) is 3. The highest BCUT2D eigenvalue weighted by atomic mass is 16.1. The topological polar surface area (TPSA) is 63.0 Å². The van der Waals surface area contributed by atoms with Crippen LogP contribution in [0.4, 0.5) is 0 Å². The number of rotatable bonds is 3. The highest BCUT2D eigenvalue weighted by Crippen LogP contribution is 2.21. The second-order valence-corrected chi connectivity index (χ2v) is 6.19. The molecule has 124 valence electrons. The number of fused-ring (bicyclic) bond motifs is 1. The van der Waals surface area contributed by atoms with Crippen LogP contribution in [0.1, 0.15) is 22.4 Å². The van der Waals surface area contributed by atoms with Gasteiger partial charge in [0.15, 0.2) is 5.65 Å². The average molecular weight is 330 g/mol. The highest BCUT2D eigenvalue weighted by Gasteiger charge is 2.14. The Labute approximate surface area is 145 Å². The Morgan fingerprint density at radius 2 is 1.84 bits per heavy atom. The molecule has 0 saturated carbocycles. The van der Waals surface area contributed by atoms with E-state index in [0.717, 1.165) is 23.2 Å². The fourth-order valence-corrected chi connectivity index (χ4v) is 3.08. The van der Waals surface area contributed by atoms with Crippen LogP contribution in [0.5, 0.6) is 0 Å². The molecule has 0 fully saturated rings. The molecule has 0 bridgehead atoms. The number of aryl methyl sites for hydroxylation is 2. The molecule has 4 rings (SSSR count). The summed E-state index contributed by atoms with van der Waals surface area (Å²) in [4.78, 5) is 21.3. The smallest absolute Gasteiger partial charge is 0.273 e. The Hall–Kier alpha value is -3.21. The zero-order chi connectivity index (χ0) is 17.4. The van der Waals surface area contributed by atoms with Crippen molar-refractivity contribution in [3.05, 3.63) is 87.6 Å². The van der Waals surface area contributed by atoms with Crippen LogP contribution in [0, 0.1) is 13.8 Å². The van der Waals surface area contributed by atoms with Gasteiger partial charge < -0.3 is 0 Å². The quantitative estimate of drug-likeness (QED) is 0.627. The second kappa shape index (κ2) is 6.02. The molecule has 25 heavy (non-hydrogen) atoms. The first kappa shape index (κ1) is 15.3. The molecule has 0 unspecified atom stereocenters. The van der Waals surface area contributed by atoms with E-state index in [1.54, 1.807) is 18.5 Å². The van der Waals surface area contributed by atoms with Gasteiger partial charge in [0.2, 0.25) is 0 Å². The van der Waals surface area contributed by atoms with Gasteiger partial charge in [-0.25, -0.2) is 9.50 Å². The predicted molar refractivity (Wildman–Crippen MR) is 97.8 cm³/mol. The third-order valence-corrected chi connectivity index (χ3v) is 4.53. The van der Waals surface area contributed by atoms with E-state index in [9.17, 15) is 4.79 Å². The van der Waals surface area contributed by atoms with Gasteiger partial charge in [-0.3, -0.25) is 14.9 Å². The van der Waals surface area contributed by atoms with Gasteiger partial charge in [0.1, 0.15) is 0 Å². The van der Waals surface area contributed by atoms with E-state index in [-0.39, 0.29) is 5.56 Å². The molecule has 0 aliphatic rings. The molecule has 5 nitrogen and oxygen atoms in total. The molecule has 0 atom stereocenters. The maximum Gasteiger partial charge on any atom is 0.273 e. The first-order valence-electron chi connectivity index (χ1n) is 8.19. The van der Waals surface area contributed by atoms with E-state index in [0.29, 0.717) is 11.3 Å². The average Bonchev–Trinajstić information content (AvgIpc) is 2.94. The summed E-state index contributed by atoms with van der Waals surface area (Å²) in [7, 11) is 0. The number of hydrogen-bond donors (Lipinski definition) is 1. The minimum atomic E-state index is -0.115. The van der Waals surface area contributed by atoms with E-state index in [2.05, 4.69) is 29.1 Å². The first-order valence-corrected chi connectivity index (χ1v) is 8.19. The zero-order valence-electron chi connectivity index (χ0n) is 14.2. The van der Waals surface area contributed by atoms with E-state index in [1.165, 1.54) is 15.6 Å². The number of pyridine rings is 1. The van der Waals surface area contributed by atoms with Crippen LogP contribution in [0.25, 0.3) is 16.9 Å². The minimum absolute atomic E-state index is 0.115. The molecule has 0 saturated heterocycles. The molecule has 1 N–H and O–H groups in total. The van der Waals surface area contributed by atoms with Gasteiger partial charge in [0.05, 0.1) is 5.69 Å². The maximum atomic E-state index is 12.5. The van der Waals surface area contributed by atoms with Gasteiger partial charge in [0.25, 0.3) is 5.56 Å². The van der Waals surface area contributed by atoms with E-state index < -0.39 is 0 Å². The minimum Gasteiger partial charge on any atom is -0.294 e. The monoisotopic (exact) mass is 330 g/mol. The van der Waals surface area contributed by atoms with Crippen molar-refractivity contribution in [3.8, 4) is 11.3 Å². The molecular weight excluding hydrogens is 312 g/mol. The molecule has 4 aromatic rings. The molecular formula is C20H18N4O. The predicted octanol–water partition coefficient (Wildman–Crippen LogP) is 3.29. The molecule has 0 spiro atoms. The molecule has 0 radical (unpaired) electrons. The lowest BCUT2D eigenvalue weighted by molar-refractivity contribution is 0.882. The van der Waals surface area contributed by atoms with Crippen molar-refractivity contribution in [2.45, 2.75) is 20.3 Å². The molecule has 1 aromatic carbocycles. The normalized spacial score (nSPS) is 11.1. The lowest BCUT2D eigenvalue weighted by atomic mass is 10.0. The van der Waals surface area contributed by atoms with Gasteiger partial charge in [-0.2, -0.15) is 0 Å². The van der Waals surface area contributed by atoms with Gasteiger partial charge in [-0.15, -0.1) is 0 Å². The summed E-state index contributed by atoms with van der Waals surface area (Å²) in [6.07, 6.45) is 4.14. The van der Waals surface area contributed by atoms with Crippen molar-refractivity contribution in [2.24, 2.45) is 0 Å². The van der Waals surface area contributed by atoms with Gasteiger partial charge in [-0.1, -0.05) is 24.3 Å². The molecule has 3 aromatic heterocycles. The van der Waals surface area contributed by atoms with Crippen molar-refractivity contribution in [1.29, 1.82) is 0 Å². The Balaban J connectivity index is 1.90. The van der Waals surface area contributed by atoms with Crippen LogP contribution in [0.3, 0.4) is 0 Å². The number of hydrogen-bond acceptors (Lipinski definition) is 3. The Morgan fingerprint density at radius 3 is 2.60 bits per heavy atom. The van der Waals surface area contributed by atoms with Crippen LogP contribution in [-0.2, 0) is 6.42 Å². The van der Waals surface area contributed by atoms with Crippen LogP contribution >= 0.6 is 0 Å². The molecule has 5 heteroatoms. The summed E-state index contributed by atoms with van der Waals surface area (Å²) in [5.41, 5.74) is 6.58. The summed E-state index contributed by atoms with van der Waals surface area (Å²) < 4.78 is 1.52. The van der Waals surface area contributed by atoms with E-state index in [4.69, 9.17) is 4.98 Å². The fraction of sp³-hybridized carbons (Fsp3) is 0.150. The lowest BCUT2D eigenvalue weighted by Gasteiger charge is -2.06. The highest BCUT2D eigenvalue weighted by molar-refractivity contribution is 5.63. The third-order valence-electron chi connectivity index (χ3n) is 4.53. The summed E-state index contributed by atoms with van der Waals surface area (Å²) in [6, 6.07) is 13.6. The van der Waals surface area contributed by atoms with Crippen LogP contribution in [-0.4, -0.2) is 19.6 Å². The summed E-state index contributed by atoms with van der Waals surface area (Å²) >= 11 is 0. The van der Waals surface area contributed by atoms with Crippen LogP contribution in [0.2, 0.25) is 0 Å². The molecule has 0 aliphatic carbocycles. The van der Waals surface area contributed by atoms with Crippen molar-refractivity contribution >= 4 is 5.65 Å². The van der Waals surface area contributed by atoms with Crippen molar-refractivity contribution < 1.29 is 0 Å². The fourth-order valence-electron chi connectivity index (χ4n) is 3.08. The standard InChI is InChI=1S/C20H18N4O/c1-13-5-3-4-6-16(13)11-17-14(2)23-24-19(25)12-18(22-20(17)24)15-7-9-21-10-8-15/h3-10,12,23H,11H2,1-2H3. The van der Waals surface area contributed by atoms with Crippen molar-refractivity contribution in [2.75, 3.05) is 0 Å². The van der Waals surface area contributed by atoms with E-state index in [1.807, 2.05) is 31.2 Å². The summed E-state index contributed by atoms with van der Waals surface area (Å²) in [6.45, 7) is 4.08. The third kappa shape index (κ3) is 2.74. The van der Waals surface area contributed by atoms with Crippen LogP contribution < -0.4 is 5.56 Å². The SMILES string of the molecule is Cc1ccccc1Cc1c(C)[nH]n2c(=O)cc(-c3ccncc3)nc12. The molecule has 0 aliphatic heterocycles. The second-order valence-electron chi connectivity index (χ2n) is 6.19. The van der Waals surface area contributed by atoms with Gasteiger partial charge in [-0.05, 0) is 37.1 Å². The van der Waals surface area contributed by atoms with Gasteiger partial charge >= 0.3 is 0 Å². The lowest BCUT2D eigenvalue weighted by Crippen LogP contribution is -2.14. The number of benzene rings is 1. The first-order chi connectivity index (χ1) is 12.1. The van der Waals surface area contributed by atoms with Crippen molar-refractivity contribution in [1.82, 2.24) is 19.6 Å². The number of H-pyrrole nitrogens is 1. The number of aromatic nitrogens is 4. The van der Waals surface area contributed by atoms with Gasteiger partial charge in [0, 0.05) is 41.7 Å².